The zero-order valence-electron chi connectivity index (χ0n) is 13.6. The van der Waals surface area contributed by atoms with Gasteiger partial charge >= 0.3 is 0 Å². The second kappa shape index (κ2) is 6.78. The molecule has 7 heteroatoms. The summed E-state index contributed by atoms with van der Waals surface area (Å²) in [6.45, 7) is 5.36. The molecule has 0 saturated carbocycles. The molecule has 0 amide bonds. The molecule has 3 aromatic heterocycles. The van der Waals surface area contributed by atoms with Gasteiger partial charge < -0.3 is 0 Å². The average molecular weight is 340 g/mol. The first-order chi connectivity index (χ1) is 11.8. The predicted octanol–water partition coefficient (Wildman–Crippen LogP) is 3.01. The van der Waals surface area contributed by atoms with E-state index in [-0.39, 0.29) is 0 Å². The lowest BCUT2D eigenvalue weighted by Crippen LogP contribution is -2.34. The molecule has 1 aliphatic rings. The molecule has 1 fully saturated rings. The lowest BCUT2D eigenvalue weighted by Gasteiger charge is -2.31. The molecule has 1 unspecified atom stereocenters. The van der Waals surface area contributed by atoms with Crippen LogP contribution in [0.25, 0.3) is 11.5 Å². The van der Waals surface area contributed by atoms with Crippen LogP contribution in [0.1, 0.15) is 34.3 Å². The fraction of sp³-hybridized carbons (Fsp3) is 0.412. The van der Waals surface area contributed by atoms with E-state index in [1.165, 1.54) is 16.2 Å². The normalized spacial score (nSPS) is 18.8. The van der Waals surface area contributed by atoms with E-state index >= 15 is 0 Å². The number of rotatable bonds is 4. The molecule has 0 aliphatic carbocycles. The Morgan fingerprint density at radius 1 is 1.33 bits per heavy atom. The van der Waals surface area contributed by atoms with Crippen LogP contribution in [0.3, 0.4) is 0 Å². The second-order valence-corrected chi connectivity index (χ2v) is 7.59. The molecule has 0 spiro atoms. The minimum Gasteiger partial charge on any atom is -0.298 e. The monoisotopic (exact) mass is 340 g/mol. The van der Waals surface area contributed by atoms with Crippen LogP contribution in [0.4, 0.5) is 0 Å². The van der Waals surface area contributed by atoms with Gasteiger partial charge in [0.1, 0.15) is 11.5 Å². The maximum absolute atomic E-state index is 4.66. The molecular weight excluding hydrogens is 320 g/mol. The Hall–Kier alpha value is -2.12. The number of H-pyrrole nitrogens is 1. The molecule has 3 aromatic rings. The van der Waals surface area contributed by atoms with Crippen LogP contribution in [-0.4, -0.2) is 43.1 Å². The summed E-state index contributed by atoms with van der Waals surface area (Å²) >= 11 is 1.89. The quantitative estimate of drug-likeness (QED) is 0.790. The van der Waals surface area contributed by atoms with Gasteiger partial charge in [0.05, 0.1) is 6.20 Å². The van der Waals surface area contributed by atoms with Crippen molar-refractivity contribution in [3.05, 3.63) is 46.3 Å². The van der Waals surface area contributed by atoms with Crippen molar-refractivity contribution in [2.75, 3.05) is 13.1 Å². The van der Waals surface area contributed by atoms with E-state index in [1.807, 2.05) is 11.3 Å². The van der Waals surface area contributed by atoms with E-state index in [9.17, 15) is 0 Å². The van der Waals surface area contributed by atoms with Gasteiger partial charge in [-0.15, -0.1) is 11.3 Å². The number of thiophene rings is 1. The largest absolute Gasteiger partial charge is 0.298 e. The molecule has 24 heavy (non-hydrogen) atoms. The molecule has 0 radical (unpaired) electrons. The van der Waals surface area contributed by atoms with E-state index in [1.54, 1.807) is 18.6 Å². The van der Waals surface area contributed by atoms with Crippen molar-refractivity contribution in [1.82, 2.24) is 30.0 Å². The summed E-state index contributed by atoms with van der Waals surface area (Å²) < 4.78 is 0. The fourth-order valence-corrected chi connectivity index (χ4v) is 4.13. The second-order valence-electron chi connectivity index (χ2n) is 6.22. The third-order valence-electron chi connectivity index (χ3n) is 4.36. The molecule has 1 aliphatic heterocycles. The van der Waals surface area contributed by atoms with Crippen LogP contribution < -0.4 is 0 Å². The first-order valence-corrected chi connectivity index (χ1v) is 9.06. The van der Waals surface area contributed by atoms with Gasteiger partial charge in [-0.05, 0) is 38.4 Å². The molecule has 0 bridgehead atoms. The van der Waals surface area contributed by atoms with E-state index in [4.69, 9.17) is 0 Å². The van der Waals surface area contributed by atoms with Gasteiger partial charge in [0, 0.05) is 41.2 Å². The molecule has 4 rings (SSSR count). The highest BCUT2D eigenvalue weighted by molar-refractivity contribution is 7.11. The van der Waals surface area contributed by atoms with E-state index in [0.29, 0.717) is 17.4 Å². The summed E-state index contributed by atoms with van der Waals surface area (Å²) in [4.78, 5) is 18.3. The smallest absolute Gasteiger partial charge is 0.201 e. The maximum atomic E-state index is 4.66. The zero-order valence-corrected chi connectivity index (χ0v) is 14.5. The Morgan fingerprint density at radius 3 is 3.08 bits per heavy atom. The summed E-state index contributed by atoms with van der Waals surface area (Å²) in [7, 11) is 0. The van der Waals surface area contributed by atoms with E-state index < -0.39 is 0 Å². The number of aromatic amines is 1. The van der Waals surface area contributed by atoms with Crippen LogP contribution >= 0.6 is 11.3 Å². The highest BCUT2D eigenvalue weighted by atomic mass is 32.1. The van der Waals surface area contributed by atoms with Crippen molar-refractivity contribution < 1.29 is 0 Å². The zero-order chi connectivity index (χ0) is 16.4. The van der Waals surface area contributed by atoms with Crippen molar-refractivity contribution >= 4 is 11.3 Å². The number of piperidine rings is 1. The van der Waals surface area contributed by atoms with Crippen molar-refractivity contribution in [3.8, 4) is 11.5 Å². The van der Waals surface area contributed by atoms with Gasteiger partial charge in [0.25, 0.3) is 0 Å². The summed E-state index contributed by atoms with van der Waals surface area (Å²) in [5.41, 5.74) is 0.710. The number of aryl methyl sites for hydroxylation is 1. The molecule has 1 saturated heterocycles. The lowest BCUT2D eigenvalue weighted by molar-refractivity contribution is 0.198. The van der Waals surface area contributed by atoms with Crippen molar-refractivity contribution in [2.24, 2.45) is 0 Å². The number of hydrogen-bond donors (Lipinski definition) is 1. The maximum Gasteiger partial charge on any atom is 0.201 e. The van der Waals surface area contributed by atoms with Gasteiger partial charge in [-0.2, -0.15) is 5.10 Å². The number of hydrogen-bond acceptors (Lipinski definition) is 6. The average Bonchev–Trinajstić information content (AvgIpc) is 3.25. The highest BCUT2D eigenvalue weighted by Gasteiger charge is 2.24. The third-order valence-corrected chi connectivity index (χ3v) is 5.35. The minimum atomic E-state index is 0.401. The number of nitrogens with one attached hydrogen (secondary N) is 1. The Bertz CT molecular complexity index is 796. The SMILES string of the molecule is Cc1ccc(CN2CCCC(c3nc(-c4cnccn4)n[nH]3)C2)s1. The van der Waals surface area contributed by atoms with Crippen LogP contribution in [0.2, 0.25) is 0 Å². The van der Waals surface area contributed by atoms with Crippen LogP contribution in [0, 0.1) is 6.92 Å². The minimum absolute atomic E-state index is 0.401. The van der Waals surface area contributed by atoms with Crippen LogP contribution in [0.15, 0.2) is 30.7 Å². The molecule has 1 atom stereocenters. The van der Waals surface area contributed by atoms with E-state index in [0.717, 1.165) is 31.9 Å². The van der Waals surface area contributed by atoms with Gasteiger partial charge in [0.15, 0.2) is 0 Å². The number of nitrogens with zero attached hydrogens (tertiary/aromatic N) is 5. The Kier molecular flexibility index (Phi) is 4.36. The third kappa shape index (κ3) is 3.37. The van der Waals surface area contributed by atoms with Crippen LogP contribution in [0.5, 0.6) is 0 Å². The Morgan fingerprint density at radius 2 is 2.29 bits per heavy atom. The summed E-state index contributed by atoms with van der Waals surface area (Å²) in [6.07, 6.45) is 7.35. The topological polar surface area (TPSA) is 70.6 Å². The van der Waals surface area contributed by atoms with Gasteiger partial charge in [-0.1, -0.05) is 0 Å². The highest BCUT2D eigenvalue weighted by Crippen LogP contribution is 2.27. The van der Waals surface area contributed by atoms with Crippen molar-refractivity contribution in [2.45, 2.75) is 32.2 Å². The van der Waals surface area contributed by atoms with Crippen LogP contribution in [-0.2, 0) is 6.54 Å². The summed E-state index contributed by atoms with van der Waals surface area (Å²) in [5.74, 6) is 1.99. The predicted molar refractivity (Wildman–Crippen MR) is 93.7 cm³/mol. The van der Waals surface area contributed by atoms with Gasteiger partial charge in [-0.3, -0.25) is 15.0 Å². The summed E-state index contributed by atoms with van der Waals surface area (Å²) in [6, 6.07) is 4.44. The molecule has 4 heterocycles. The molecule has 1 N–H and O–H groups in total. The lowest BCUT2D eigenvalue weighted by atomic mass is 9.97. The molecular formula is C17H20N6S. The fourth-order valence-electron chi connectivity index (χ4n) is 3.20. The standard InChI is InChI=1S/C17H20N6S/c1-12-4-5-14(24-12)11-23-8-2-3-13(10-23)16-20-17(22-21-16)15-9-18-6-7-19-15/h4-7,9,13H,2-3,8,10-11H2,1H3,(H,20,21,22). The first kappa shape index (κ1) is 15.4. The first-order valence-electron chi connectivity index (χ1n) is 8.24. The van der Waals surface area contributed by atoms with Crippen molar-refractivity contribution in [3.63, 3.8) is 0 Å². The molecule has 0 aromatic carbocycles. The Labute approximate surface area is 145 Å². The van der Waals surface area contributed by atoms with Gasteiger partial charge in [-0.25, -0.2) is 9.97 Å². The number of aromatic nitrogens is 5. The molecule has 124 valence electrons. The van der Waals surface area contributed by atoms with Gasteiger partial charge in [0.2, 0.25) is 5.82 Å². The molecule has 6 nitrogen and oxygen atoms in total. The van der Waals surface area contributed by atoms with E-state index in [2.05, 4.69) is 49.1 Å². The summed E-state index contributed by atoms with van der Waals surface area (Å²) in [5, 5.41) is 7.43. The van der Waals surface area contributed by atoms with Crippen molar-refractivity contribution in [1.29, 1.82) is 0 Å². The Balaban J connectivity index is 1.45. The number of likely N-dealkylation sites (tertiary alicyclic amines) is 1.